The molecule has 0 aliphatic heterocycles. The minimum Gasteiger partial charge on any atom is -0.496 e. The molecule has 1 aromatic rings. The number of carbonyl (C=O) groups is 1. The molecule has 0 aromatic heterocycles. The van der Waals surface area contributed by atoms with Gasteiger partial charge in [0.2, 0.25) is 0 Å². The fourth-order valence-electron chi connectivity index (χ4n) is 2.01. The molecule has 0 aliphatic carbocycles. The lowest BCUT2D eigenvalue weighted by molar-refractivity contribution is 0.0696. The molecule has 1 rings (SSSR count). The van der Waals surface area contributed by atoms with Gasteiger partial charge in [0.05, 0.1) is 12.7 Å². The van der Waals surface area contributed by atoms with Crippen molar-refractivity contribution in [3.05, 3.63) is 29.3 Å². The average Bonchev–Trinajstić information content (AvgIpc) is 2.27. The first kappa shape index (κ1) is 14.5. The van der Waals surface area contributed by atoms with Gasteiger partial charge in [0.25, 0.3) is 0 Å². The first-order valence-electron chi connectivity index (χ1n) is 6.02. The summed E-state index contributed by atoms with van der Waals surface area (Å²) in [5, 5.41) is 9.00. The molecule has 0 saturated carbocycles. The van der Waals surface area contributed by atoms with Gasteiger partial charge in [-0.05, 0) is 31.2 Å². The van der Waals surface area contributed by atoms with Gasteiger partial charge >= 0.3 is 5.97 Å². The average molecular weight is 251 g/mol. The van der Waals surface area contributed by atoms with Crippen molar-refractivity contribution >= 4 is 5.97 Å². The lowest BCUT2D eigenvalue weighted by Gasteiger charge is -2.20. The molecule has 0 amide bonds. The molecule has 1 N–H and O–H groups in total. The van der Waals surface area contributed by atoms with Crippen molar-refractivity contribution in [3.63, 3.8) is 0 Å². The Bertz CT molecular complexity index is 416. The monoisotopic (exact) mass is 251 g/mol. The third-order valence-electron chi connectivity index (χ3n) is 2.64. The summed E-state index contributed by atoms with van der Waals surface area (Å²) in [6.45, 7) is 5.95. The SMILES string of the molecule is COc1ccc(C(=O)O)cc1CN(C)CC(C)C. The molecule has 4 heteroatoms. The number of methoxy groups -OCH3 is 1. The lowest BCUT2D eigenvalue weighted by Crippen LogP contribution is -2.23. The maximum absolute atomic E-state index is 11.0. The number of carboxylic acid groups (broad SMARTS) is 1. The Hall–Kier alpha value is -1.55. The zero-order valence-corrected chi connectivity index (χ0v) is 11.4. The first-order chi connectivity index (χ1) is 8.43. The summed E-state index contributed by atoms with van der Waals surface area (Å²) < 4.78 is 5.27. The highest BCUT2D eigenvalue weighted by Crippen LogP contribution is 2.21. The molecule has 4 nitrogen and oxygen atoms in total. The minimum absolute atomic E-state index is 0.295. The molecule has 100 valence electrons. The summed E-state index contributed by atoms with van der Waals surface area (Å²) in [5.74, 6) is 0.393. The highest BCUT2D eigenvalue weighted by molar-refractivity contribution is 5.88. The van der Waals surface area contributed by atoms with Crippen LogP contribution in [0.1, 0.15) is 29.8 Å². The summed E-state index contributed by atoms with van der Waals surface area (Å²) in [6, 6.07) is 4.95. The Balaban J connectivity index is 2.90. The number of hydrogen-bond donors (Lipinski definition) is 1. The predicted molar refractivity (Wildman–Crippen MR) is 71.1 cm³/mol. The molecule has 0 bridgehead atoms. The molecule has 0 heterocycles. The Morgan fingerprint density at radius 2 is 2.11 bits per heavy atom. The van der Waals surface area contributed by atoms with Crippen LogP contribution in [0.4, 0.5) is 0 Å². The number of hydrogen-bond acceptors (Lipinski definition) is 3. The van der Waals surface area contributed by atoms with Crippen molar-refractivity contribution in [3.8, 4) is 5.75 Å². The third-order valence-corrected chi connectivity index (χ3v) is 2.64. The second kappa shape index (κ2) is 6.40. The highest BCUT2D eigenvalue weighted by atomic mass is 16.5. The summed E-state index contributed by atoms with van der Waals surface area (Å²) in [4.78, 5) is 13.1. The molecular formula is C14H21NO3. The predicted octanol–water partition coefficient (Wildman–Crippen LogP) is 2.48. The number of rotatable bonds is 6. The smallest absolute Gasteiger partial charge is 0.335 e. The van der Waals surface area contributed by atoms with Crippen molar-refractivity contribution < 1.29 is 14.6 Å². The van der Waals surface area contributed by atoms with Gasteiger partial charge in [0.1, 0.15) is 5.75 Å². The maximum Gasteiger partial charge on any atom is 0.335 e. The lowest BCUT2D eigenvalue weighted by atomic mass is 10.1. The minimum atomic E-state index is -0.912. The zero-order chi connectivity index (χ0) is 13.7. The fourth-order valence-corrected chi connectivity index (χ4v) is 2.01. The van der Waals surface area contributed by atoms with Crippen LogP contribution in [0.25, 0.3) is 0 Å². The number of carboxylic acids is 1. The second-order valence-electron chi connectivity index (χ2n) is 4.92. The second-order valence-corrected chi connectivity index (χ2v) is 4.92. The van der Waals surface area contributed by atoms with Gasteiger partial charge < -0.3 is 14.7 Å². The van der Waals surface area contributed by atoms with Crippen LogP contribution in [-0.2, 0) is 6.54 Å². The standard InChI is InChI=1S/C14H21NO3/c1-10(2)8-15(3)9-12-7-11(14(16)17)5-6-13(12)18-4/h5-7,10H,8-9H2,1-4H3,(H,16,17). The molecule has 0 atom stereocenters. The van der Waals surface area contributed by atoms with Crippen LogP contribution in [0.15, 0.2) is 18.2 Å². The van der Waals surface area contributed by atoms with Gasteiger partial charge in [0, 0.05) is 18.7 Å². The summed E-state index contributed by atoms with van der Waals surface area (Å²) in [5.41, 5.74) is 1.20. The molecule has 0 fully saturated rings. The van der Waals surface area contributed by atoms with E-state index in [1.807, 2.05) is 7.05 Å². The van der Waals surface area contributed by atoms with Gasteiger partial charge in [0.15, 0.2) is 0 Å². The summed E-state index contributed by atoms with van der Waals surface area (Å²) >= 11 is 0. The van der Waals surface area contributed by atoms with E-state index in [0.29, 0.717) is 18.0 Å². The van der Waals surface area contributed by atoms with E-state index >= 15 is 0 Å². The van der Waals surface area contributed by atoms with Crippen molar-refractivity contribution in [1.29, 1.82) is 0 Å². The van der Waals surface area contributed by atoms with Gasteiger partial charge in [-0.3, -0.25) is 0 Å². The fraction of sp³-hybridized carbons (Fsp3) is 0.500. The van der Waals surface area contributed by atoms with Crippen LogP contribution in [0, 0.1) is 5.92 Å². The molecule has 0 radical (unpaired) electrons. The molecular weight excluding hydrogens is 230 g/mol. The van der Waals surface area contributed by atoms with Gasteiger partial charge in [-0.15, -0.1) is 0 Å². The van der Waals surface area contributed by atoms with Crippen LogP contribution in [0.2, 0.25) is 0 Å². The van der Waals surface area contributed by atoms with E-state index in [9.17, 15) is 4.79 Å². The van der Waals surface area contributed by atoms with Crippen molar-refractivity contribution in [2.24, 2.45) is 5.92 Å². The van der Waals surface area contributed by atoms with E-state index in [2.05, 4.69) is 18.7 Å². The zero-order valence-electron chi connectivity index (χ0n) is 11.4. The third kappa shape index (κ3) is 4.04. The normalized spacial score (nSPS) is 11.0. The molecule has 0 spiro atoms. The van der Waals surface area contributed by atoms with E-state index in [-0.39, 0.29) is 0 Å². The van der Waals surface area contributed by atoms with Crippen LogP contribution < -0.4 is 4.74 Å². The van der Waals surface area contributed by atoms with Crippen LogP contribution in [-0.4, -0.2) is 36.7 Å². The maximum atomic E-state index is 11.0. The van der Waals surface area contributed by atoms with Gasteiger partial charge in [-0.2, -0.15) is 0 Å². The summed E-state index contributed by atoms with van der Waals surface area (Å²) in [6.07, 6.45) is 0. The van der Waals surface area contributed by atoms with E-state index < -0.39 is 5.97 Å². The Labute approximate surface area is 108 Å². The van der Waals surface area contributed by atoms with E-state index in [4.69, 9.17) is 9.84 Å². The Kier molecular flexibility index (Phi) is 5.16. The molecule has 18 heavy (non-hydrogen) atoms. The van der Waals surface area contributed by atoms with E-state index in [1.165, 1.54) is 0 Å². The first-order valence-corrected chi connectivity index (χ1v) is 6.02. The topological polar surface area (TPSA) is 49.8 Å². The molecule has 0 aliphatic rings. The van der Waals surface area contributed by atoms with Crippen LogP contribution >= 0.6 is 0 Å². The van der Waals surface area contributed by atoms with E-state index in [1.54, 1.807) is 25.3 Å². The van der Waals surface area contributed by atoms with Crippen molar-refractivity contribution in [2.45, 2.75) is 20.4 Å². The molecule has 1 aromatic carbocycles. The Morgan fingerprint density at radius 3 is 2.61 bits per heavy atom. The largest absolute Gasteiger partial charge is 0.496 e. The van der Waals surface area contributed by atoms with Crippen molar-refractivity contribution in [1.82, 2.24) is 4.90 Å². The van der Waals surface area contributed by atoms with Gasteiger partial charge in [-0.25, -0.2) is 4.79 Å². The van der Waals surface area contributed by atoms with E-state index in [0.717, 1.165) is 17.9 Å². The molecule has 0 unspecified atom stereocenters. The highest BCUT2D eigenvalue weighted by Gasteiger charge is 2.11. The number of ether oxygens (including phenoxy) is 1. The van der Waals surface area contributed by atoms with Crippen LogP contribution in [0.3, 0.4) is 0 Å². The van der Waals surface area contributed by atoms with Crippen LogP contribution in [0.5, 0.6) is 5.75 Å². The quantitative estimate of drug-likeness (QED) is 0.844. The number of nitrogens with zero attached hydrogens (tertiary/aromatic N) is 1. The number of aromatic carboxylic acids is 1. The number of benzene rings is 1. The molecule has 0 saturated heterocycles. The Morgan fingerprint density at radius 1 is 1.44 bits per heavy atom. The summed E-state index contributed by atoms with van der Waals surface area (Å²) in [7, 11) is 3.62. The van der Waals surface area contributed by atoms with Crippen molar-refractivity contribution in [2.75, 3.05) is 20.7 Å². The van der Waals surface area contributed by atoms with Gasteiger partial charge in [-0.1, -0.05) is 13.8 Å².